The number of Topliss-reactive ketones (excluding diaryl/α,β-unsaturated/α-hetero) is 1. The van der Waals surface area contributed by atoms with Crippen LogP contribution in [0.1, 0.15) is 21.6 Å². The van der Waals surface area contributed by atoms with Crippen molar-refractivity contribution in [2.75, 3.05) is 7.11 Å². The van der Waals surface area contributed by atoms with Crippen LogP contribution in [0.5, 0.6) is 6.01 Å². The molecule has 0 N–H and O–H groups in total. The number of nitrogens with zero attached hydrogens (tertiary/aromatic N) is 2. The lowest BCUT2D eigenvalue weighted by molar-refractivity contribution is 0.0965. The van der Waals surface area contributed by atoms with Crippen LogP contribution in [0.25, 0.3) is 0 Å². The summed E-state index contributed by atoms with van der Waals surface area (Å²) in [6, 6.07) is 8.81. The Morgan fingerprint density at radius 3 is 2.65 bits per heavy atom. The molecule has 0 aliphatic heterocycles. The van der Waals surface area contributed by atoms with E-state index in [1.807, 2.05) is 19.1 Å². The SMILES string of the molecule is COc1nc(C)cc(=O)n1CC(=O)c1ccccc1C. The van der Waals surface area contributed by atoms with Crippen LogP contribution in [0.2, 0.25) is 0 Å². The minimum atomic E-state index is -0.295. The van der Waals surface area contributed by atoms with Gasteiger partial charge in [-0.05, 0) is 19.4 Å². The molecule has 0 aliphatic rings. The number of aryl methyl sites for hydroxylation is 2. The fourth-order valence-corrected chi connectivity index (χ4v) is 2.01. The van der Waals surface area contributed by atoms with E-state index in [0.29, 0.717) is 11.3 Å². The van der Waals surface area contributed by atoms with Crippen LogP contribution >= 0.6 is 0 Å². The highest BCUT2D eigenvalue weighted by Gasteiger charge is 2.14. The smallest absolute Gasteiger partial charge is 0.299 e. The number of methoxy groups -OCH3 is 1. The number of rotatable bonds is 4. The molecule has 2 aromatic rings. The van der Waals surface area contributed by atoms with Crippen molar-refractivity contribution in [2.24, 2.45) is 0 Å². The molecule has 5 nitrogen and oxygen atoms in total. The highest BCUT2D eigenvalue weighted by atomic mass is 16.5. The van der Waals surface area contributed by atoms with Crippen molar-refractivity contribution in [1.29, 1.82) is 0 Å². The zero-order valence-electron chi connectivity index (χ0n) is 11.7. The number of benzene rings is 1. The Morgan fingerprint density at radius 1 is 1.30 bits per heavy atom. The van der Waals surface area contributed by atoms with Gasteiger partial charge in [0.1, 0.15) is 0 Å². The van der Waals surface area contributed by atoms with E-state index in [2.05, 4.69) is 4.98 Å². The standard InChI is InChI=1S/C15H16N2O3/c1-10-6-4-5-7-12(10)13(18)9-17-14(19)8-11(2)16-15(17)20-3/h4-8H,9H2,1-3H3. The lowest BCUT2D eigenvalue weighted by Gasteiger charge is -2.11. The summed E-state index contributed by atoms with van der Waals surface area (Å²) in [4.78, 5) is 28.4. The average molecular weight is 272 g/mol. The van der Waals surface area contributed by atoms with Gasteiger partial charge in [-0.2, -0.15) is 0 Å². The van der Waals surface area contributed by atoms with Crippen LogP contribution in [0, 0.1) is 13.8 Å². The third-order valence-electron chi connectivity index (χ3n) is 3.03. The molecular weight excluding hydrogens is 256 g/mol. The zero-order valence-corrected chi connectivity index (χ0v) is 11.7. The lowest BCUT2D eigenvalue weighted by Crippen LogP contribution is -2.26. The Balaban J connectivity index is 2.38. The molecule has 2 rings (SSSR count). The van der Waals surface area contributed by atoms with Crippen molar-refractivity contribution in [2.45, 2.75) is 20.4 Å². The third-order valence-corrected chi connectivity index (χ3v) is 3.03. The van der Waals surface area contributed by atoms with Crippen LogP contribution in [0.15, 0.2) is 35.1 Å². The van der Waals surface area contributed by atoms with E-state index in [1.54, 1.807) is 19.1 Å². The van der Waals surface area contributed by atoms with E-state index < -0.39 is 0 Å². The Kier molecular flexibility index (Phi) is 3.98. The first-order valence-corrected chi connectivity index (χ1v) is 6.24. The van der Waals surface area contributed by atoms with E-state index in [9.17, 15) is 9.59 Å². The Morgan fingerprint density at radius 2 is 2.00 bits per heavy atom. The van der Waals surface area contributed by atoms with Gasteiger partial charge in [-0.15, -0.1) is 0 Å². The number of hydrogen-bond acceptors (Lipinski definition) is 4. The van der Waals surface area contributed by atoms with Gasteiger partial charge in [-0.3, -0.25) is 14.2 Å². The minimum Gasteiger partial charge on any atom is -0.468 e. The molecule has 0 radical (unpaired) electrons. The molecule has 0 atom stereocenters. The molecule has 0 fully saturated rings. The van der Waals surface area contributed by atoms with Crippen molar-refractivity contribution < 1.29 is 9.53 Å². The van der Waals surface area contributed by atoms with Crippen LogP contribution in [0.4, 0.5) is 0 Å². The third kappa shape index (κ3) is 2.77. The van der Waals surface area contributed by atoms with Gasteiger partial charge in [-0.25, -0.2) is 4.98 Å². The molecular formula is C15H16N2O3. The maximum absolute atomic E-state index is 12.3. The number of ether oxygens (including phenoxy) is 1. The second-order valence-electron chi connectivity index (χ2n) is 4.55. The summed E-state index contributed by atoms with van der Waals surface area (Å²) in [5.41, 5.74) is 1.74. The summed E-state index contributed by atoms with van der Waals surface area (Å²) in [7, 11) is 1.43. The highest BCUT2D eigenvalue weighted by molar-refractivity contribution is 5.97. The Hall–Kier alpha value is -2.43. The lowest BCUT2D eigenvalue weighted by atomic mass is 10.1. The van der Waals surface area contributed by atoms with Crippen molar-refractivity contribution >= 4 is 5.78 Å². The minimum absolute atomic E-state index is 0.0832. The predicted molar refractivity (Wildman–Crippen MR) is 75.3 cm³/mol. The topological polar surface area (TPSA) is 61.2 Å². The Bertz CT molecular complexity index is 705. The summed E-state index contributed by atoms with van der Waals surface area (Å²) in [5, 5.41) is 0. The molecule has 1 aromatic heterocycles. The van der Waals surface area contributed by atoms with E-state index in [1.165, 1.54) is 17.7 Å². The highest BCUT2D eigenvalue weighted by Crippen LogP contribution is 2.11. The van der Waals surface area contributed by atoms with E-state index >= 15 is 0 Å². The fraction of sp³-hybridized carbons (Fsp3) is 0.267. The van der Waals surface area contributed by atoms with Crippen LogP contribution in [-0.2, 0) is 6.54 Å². The molecule has 0 amide bonds. The predicted octanol–water partition coefficient (Wildman–Crippen LogP) is 1.75. The van der Waals surface area contributed by atoms with Gasteiger partial charge in [-0.1, -0.05) is 24.3 Å². The van der Waals surface area contributed by atoms with Crippen molar-refractivity contribution in [3.8, 4) is 6.01 Å². The Labute approximate surface area is 116 Å². The van der Waals surface area contributed by atoms with Gasteiger partial charge in [0.05, 0.1) is 13.7 Å². The summed E-state index contributed by atoms with van der Waals surface area (Å²) < 4.78 is 6.31. The molecule has 0 bridgehead atoms. The largest absolute Gasteiger partial charge is 0.468 e. The van der Waals surface area contributed by atoms with E-state index in [-0.39, 0.29) is 23.9 Å². The summed E-state index contributed by atoms with van der Waals surface area (Å²) in [6.45, 7) is 3.48. The maximum atomic E-state index is 12.3. The molecule has 1 heterocycles. The molecule has 0 aliphatic carbocycles. The van der Waals surface area contributed by atoms with Crippen molar-refractivity contribution in [3.05, 3.63) is 57.5 Å². The molecule has 0 unspecified atom stereocenters. The fourth-order valence-electron chi connectivity index (χ4n) is 2.01. The van der Waals surface area contributed by atoms with Crippen molar-refractivity contribution in [3.63, 3.8) is 0 Å². The molecule has 0 spiro atoms. The van der Waals surface area contributed by atoms with Crippen LogP contribution in [-0.4, -0.2) is 22.4 Å². The molecule has 0 saturated carbocycles. The average Bonchev–Trinajstić information content (AvgIpc) is 2.41. The molecule has 0 saturated heterocycles. The maximum Gasteiger partial charge on any atom is 0.299 e. The first kappa shape index (κ1) is 14.0. The molecule has 20 heavy (non-hydrogen) atoms. The number of carbonyl (C=O) groups excluding carboxylic acids is 1. The second kappa shape index (κ2) is 5.69. The summed E-state index contributed by atoms with van der Waals surface area (Å²) in [5.74, 6) is -0.144. The second-order valence-corrected chi connectivity index (χ2v) is 4.55. The normalized spacial score (nSPS) is 10.3. The molecule has 104 valence electrons. The molecule has 1 aromatic carbocycles. The van der Waals surface area contributed by atoms with Gasteiger partial charge in [0.2, 0.25) is 0 Å². The van der Waals surface area contributed by atoms with Gasteiger partial charge in [0.15, 0.2) is 5.78 Å². The van der Waals surface area contributed by atoms with Crippen molar-refractivity contribution in [1.82, 2.24) is 9.55 Å². The summed E-state index contributed by atoms with van der Waals surface area (Å²) >= 11 is 0. The monoisotopic (exact) mass is 272 g/mol. The number of carbonyl (C=O) groups is 1. The first-order chi connectivity index (χ1) is 9.52. The number of ketones is 1. The quantitative estimate of drug-likeness (QED) is 0.796. The molecule has 5 heteroatoms. The van der Waals surface area contributed by atoms with Crippen LogP contribution < -0.4 is 10.3 Å². The van der Waals surface area contributed by atoms with E-state index in [4.69, 9.17) is 4.74 Å². The number of aromatic nitrogens is 2. The van der Waals surface area contributed by atoms with Gasteiger partial charge < -0.3 is 4.74 Å². The zero-order chi connectivity index (χ0) is 14.7. The number of hydrogen-bond donors (Lipinski definition) is 0. The van der Waals surface area contributed by atoms with E-state index in [0.717, 1.165) is 5.56 Å². The van der Waals surface area contributed by atoms with Gasteiger partial charge in [0, 0.05) is 17.3 Å². The van der Waals surface area contributed by atoms with Gasteiger partial charge >= 0.3 is 0 Å². The van der Waals surface area contributed by atoms with Crippen LogP contribution in [0.3, 0.4) is 0 Å². The van der Waals surface area contributed by atoms with Gasteiger partial charge in [0.25, 0.3) is 11.6 Å². The first-order valence-electron chi connectivity index (χ1n) is 6.24. The summed E-state index contributed by atoms with van der Waals surface area (Å²) in [6.07, 6.45) is 0.